The highest BCUT2D eigenvalue weighted by Crippen LogP contribution is 2.40. The molecule has 0 aliphatic rings. The molecule has 7 rings (SSSR count). The van der Waals surface area contributed by atoms with E-state index in [-0.39, 0.29) is 16.3 Å². The summed E-state index contributed by atoms with van der Waals surface area (Å²) < 4.78 is 89.1. The molecule has 0 bridgehead atoms. The summed E-state index contributed by atoms with van der Waals surface area (Å²) in [6.07, 6.45) is 0. The molecule has 20 nitrogen and oxygen atoms in total. The number of hydrogen-bond acceptors (Lipinski definition) is 19. The van der Waals surface area contributed by atoms with Crippen molar-refractivity contribution in [1.29, 1.82) is 0 Å². The molecule has 7 aromatic rings. The summed E-state index contributed by atoms with van der Waals surface area (Å²) in [7, 11) is -9.14. The van der Waals surface area contributed by atoms with E-state index in [2.05, 4.69) is 46.2 Å². The van der Waals surface area contributed by atoms with Crippen molar-refractivity contribution in [3.05, 3.63) is 150 Å². The van der Waals surface area contributed by atoms with E-state index in [1.165, 1.54) is 25.3 Å². The fraction of sp³-hybridized carbons (Fsp3) is 0.0909. The number of fused-ring (bicyclic) bond motifs is 1. The monoisotopic (exact) mass is 963 g/mol. The lowest BCUT2D eigenvalue weighted by atomic mass is 10.1. The Bertz CT molecular complexity index is 3390. The number of para-hydroxylation sites is 1. The van der Waals surface area contributed by atoms with Gasteiger partial charge in [0.1, 0.15) is 27.7 Å². The van der Waals surface area contributed by atoms with Crippen molar-refractivity contribution < 1.29 is 48.1 Å². The Balaban J connectivity index is 0.000000973. The lowest BCUT2D eigenvalue weighted by Crippen LogP contribution is -1.97. The second-order valence-electron chi connectivity index (χ2n) is 13.8. The molecule has 0 fully saturated rings. The average Bonchev–Trinajstić information content (AvgIpc) is 3.27. The molecular formula is C44H37N9O11S3. The van der Waals surface area contributed by atoms with Crippen LogP contribution in [0.3, 0.4) is 0 Å². The third-order valence-electron chi connectivity index (χ3n) is 9.11. The van der Waals surface area contributed by atoms with Crippen molar-refractivity contribution in [3.63, 3.8) is 0 Å². The van der Waals surface area contributed by atoms with Crippen molar-refractivity contribution >= 4 is 99.0 Å². The van der Waals surface area contributed by atoms with Crippen LogP contribution < -0.4 is 10.1 Å². The molecule has 0 atom stereocenters. The van der Waals surface area contributed by atoms with Gasteiger partial charge >= 0.3 is 21.2 Å². The molecule has 0 amide bonds. The third-order valence-corrected chi connectivity index (χ3v) is 10.0. The molecule has 7 aromatic carbocycles. The van der Waals surface area contributed by atoms with Gasteiger partial charge in [0.2, 0.25) is 0 Å². The van der Waals surface area contributed by atoms with Gasteiger partial charge in [-0.05, 0) is 134 Å². The molecule has 3 N–H and O–H groups in total. The highest BCUT2D eigenvalue weighted by atomic mass is 32.2. The van der Waals surface area contributed by atoms with Gasteiger partial charge in [0.25, 0.3) is 10.1 Å². The Kier molecular flexibility index (Phi) is 17.1. The fourth-order valence-electron chi connectivity index (χ4n) is 5.98. The van der Waals surface area contributed by atoms with Gasteiger partial charge in [-0.15, -0.1) is 40.6 Å². The zero-order chi connectivity index (χ0) is 48.7. The predicted octanol–water partition coefficient (Wildman–Crippen LogP) is 12.1. The van der Waals surface area contributed by atoms with Crippen LogP contribution in [0, 0.1) is 20.8 Å². The first kappa shape index (κ1) is 49.8. The van der Waals surface area contributed by atoms with Crippen LogP contribution in [0.4, 0.5) is 56.9 Å². The van der Waals surface area contributed by atoms with Gasteiger partial charge in [0, 0.05) is 22.8 Å². The molecule has 0 aliphatic carbocycles. The van der Waals surface area contributed by atoms with Crippen LogP contribution in [0.15, 0.2) is 179 Å². The first-order chi connectivity index (χ1) is 31.9. The van der Waals surface area contributed by atoms with Gasteiger partial charge in [-0.3, -0.25) is 4.55 Å². The van der Waals surface area contributed by atoms with Crippen LogP contribution >= 0.6 is 0 Å². The Labute approximate surface area is 386 Å². The molecule has 0 radical (unpaired) electrons. The highest BCUT2D eigenvalue weighted by molar-refractivity contribution is 7.86. The van der Waals surface area contributed by atoms with Gasteiger partial charge in [-0.25, -0.2) is 0 Å². The molecule has 0 heterocycles. The number of azo groups is 4. The summed E-state index contributed by atoms with van der Waals surface area (Å²) in [5.41, 5.74) is 7.94. The van der Waals surface area contributed by atoms with Crippen molar-refractivity contribution in [2.24, 2.45) is 40.9 Å². The molecule has 342 valence electrons. The third kappa shape index (κ3) is 14.6. The Hall–Kier alpha value is -8.25. The van der Waals surface area contributed by atoms with E-state index in [0.29, 0.717) is 50.9 Å². The van der Waals surface area contributed by atoms with E-state index >= 15 is 0 Å². The number of nitrogens with one attached hydrogen (secondary N) is 1. The first-order valence-corrected chi connectivity index (χ1v) is 22.6. The number of ether oxygens (including phenoxy) is 1. The van der Waals surface area contributed by atoms with Crippen LogP contribution in [0.1, 0.15) is 16.7 Å². The van der Waals surface area contributed by atoms with Gasteiger partial charge < -0.3 is 15.2 Å². The van der Waals surface area contributed by atoms with E-state index in [0.717, 1.165) is 33.5 Å². The molecule has 0 aliphatic heterocycles. The van der Waals surface area contributed by atoms with Gasteiger partial charge in [0.15, 0.2) is 5.75 Å². The van der Waals surface area contributed by atoms with Gasteiger partial charge in [-0.1, -0.05) is 36.4 Å². The molecule has 0 spiro atoms. The first-order valence-electron chi connectivity index (χ1n) is 19.2. The van der Waals surface area contributed by atoms with E-state index in [9.17, 15) is 18.1 Å². The maximum absolute atomic E-state index is 11.7. The largest absolute Gasteiger partial charge is 0.505 e. The van der Waals surface area contributed by atoms with Crippen LogP contribution in [0.5, 0.6) is 11.5 Å². The number of nitrogens with zero attached hydrogens (tertiary/aromatic N) is 8. The molecule has 0 saturated carbocycles. The predicted molar refractivity (Wildman–Crippen MR) is 248 cm³/mol. The molecule has 23 heteroatoms. The number of benzene rings is 7. The second kappa shape index (κ2) is 23.1. The minimum absolute atomic E-state index is 0.0234. The average molecular weight is 964 g/mol. The van der Waals surface area contributed by atoms with Crippen molar-refractivity contribution in [1.82, 2.24) is 0 Å². The smallest absolute Gasteiger partial charge is 0.425 e. The topological polar surface area (TPSA) is 297 Å². The quantitative estimate of drug-likeness (QED) is 0.0760. The lowest BCUT2D eigenvalue weighted by Gasteiger charge is -2.10. The maximum Gasteiger partial charge on any atom is 0.425 e. The summed E-state index contributed by atoms with van der Waals surface area (Å²) in [5.74, 6) is 0.460. The van der Waals surface area contributed by atoms with Crippen LogP contribution in [-0.4, -0.2) is 50.4 Å². The summed E-state index contributed by atoms with van der Waals surface area (Å²) in [4.78, 5) is -0.327. The SMILES string of the molecule is COc1cc(N=Nc2ccc(N=Nc3ccc(N=Nc4ccccc4S(=O)(=O)O)c(C)c3)c(C)c2)c(C)cc1N=Nc1ccc2cc(Nc3ccccc3)ccc2c1O.O=S(=O)=O.O=S(=O)=O. The van der Waals surface area contributed by atoms with Crippen LogP contribution in [0.2, 0.25) is 0 Å². The molecule has 0 saturated heterocycles. The minimum atomic E-state index is -4.45. The van der Waals surface area contributed by atoms with E-state index < -0.39 is 31.3 Å². The second-order valence-corrected chi connectivity index (χ2v) is 16.0. The number of rotatable bonds is 12. The van der Waals surface area contributed by atoms with Crippen molar-refractivity contribution in [2.45, 2.75) is 25.7 Å². The van der Waals surface area contributed by atoms with Crippen LogP contribution in [0.25, 0.3) is 10.8 Å². The molecule has 0 unspecified atom stereocenters. The zero-order valence-electron chi connectivity index (χ0n) is 35.6. The van der Waals surface area contributed by atoms with Crippen molar-refractivity contribution in [2.75, 3.05) is 12.4 Å². The van der Waals surface area contributed by atoms with Gasteiger partial charge in [0.05, 0.1) is 35.5 Å². The van der Waals surface area contributed by atoms with Crippen molar-refractivity contribution in [3.8, 4) is 11.5 Å². The number of methoxy groups -OCH3 is 1. The maximum atomic E-state index is 11.7. The minimum Gasteiger partial charge on any atom is -0.505 e. The number of aryl methyl sites for hydroxylation is 3. The fourth-order valence-corrected chi connectivity index (χ4v) is 6.61. The Morgan fingerprint density at radius 3 is 1.57 bits per heavy atom. The standard InChI is InChI=1S/C44H37N9O5S.2O3S/c1-27-22-34(16-20-36(27)48-46-33-17-21-37(28(2)23-33)49-50-38-12-8-9-13-43(38)59(55,56)57)47-52-40-26-42(58-4)41(24-29(40)3)53-51-39-19-14-30-25-32(15-18-35(30)44(39)54)45-31-10-6-5-7-11-31;2*1-4(2)3/h5-26,45,54H,1-4H3,(H,55,56,57);;. The zero-order valence-corrected chi connectivity index (χ0v) is 38.0. The highest BCUT2D eigenvalue weighted by Gasteiger charge is 2.15. The van der Waals surface area contributed by atoms with E-state index in [1.807, 2.05) is 81.4 Å². The van der Waals surface area contributed by atoms with E-state index in [4.69, 9.17) is 30.0 Å². The number of hydrogen-bond donors (Lipinski definition) is 3. The Morgan fingerprint density at radius 2 is 0.985 bits per heavy atom. The van der Waals surface area contributed by atoms with E-state index in [1.54, 1.807) is 54.6 Å². The summed E-state index contributed by atoms with van der Waals surface area (Å²) in [6, 6.07) is 39.1. The molecule has 67 heavy (non-hydrogen) atoms. The van der Waals surface area contributed by atoms with Gasteiger partial charge in [-0.2, -0.15) is 34.0 Å². The molecular weight excluding hydrogens is 927 g/mol. The summed E-state index contributed by atoms with van der Waals surface area (Å²) in [5, 5.41) is 50.6. The lowest BCUT2D eigenvalue weighted by molar-refractivity contribution is 0.416. The Morgan fingerprint density at radius 1 is 0.493 bits per heavy atom. The van der Waals surface area contributed by atoms with Crippen LogP contribution in [-0.2, 0) is 31.3 Å². The summed E-state index contributed by atoms with van der Waals surface area (Å²) >= 11 is 0. The normalized spacial score (nSPS) is 11.4. The number of aromatic hydroxyl groups is 1. The summed E-state index contributed by atoms with van der Waals surface area (Å²) in [6.45, 7) is 5.60. The number of phenols is 1. The number of phenolic OH excluding ortho intramolecular Hbond substituents is 1. The number of anilines is 2. The molecule has 0 aromatic heterocycles.